The molecule has 2 aliphatic rings. The second-order valence-corrected chi connectivity index (χ2v) is 34.2. The summed E-state index contributed by atoms with van der Waals surface area (Å²) >= 11 is 13.6. The minimum atomic E-state index is -1.40. The highest BCUT2D eigenvalue weighted by Crippen LogP contribution is 2.47. The van der Waals surface area contributed by atoms with Crippen molar-refractivity contribution in [2.75, 3.05) is 198 Å². The number of thiocarbonyl (C=S) groups is 2. The Morgan fingerprint density at radius 2 is 0.852 bits per heavy atom. The molecule has 12 N–H and O–H groups in total. The van der Waals surface area contributed by atoms with E-state index in [4.69, 9.17) is 112 Å². The zero-order valence-corrected chi connectivity index (χ0v) is 77.6. The number of carbonyl (C=O) groups excluding carboxylic acids is 6. The molecule has 2 heterocycles. The number of thioether (sulfide) groups is 2. The Bertz CT molecular complexity index is 3740. The molecule has 0 spiro atoms. The normalized spacial score (nSPS) is 19.8. The van der Waals surface area contributed by atoms with Gasteiger partial charge in [-0.25, -0.2) is 0 Å². The molecule has 4 rings (SSSR count). The number of ether oxygens (including phenoxy) is 14. The number of aliphatic hydroxyl groups excluding tert-OH is 8. The molecule has 2 aromatic carbocycles. The van der Waals surface area contributed by atoms with E-state index in [1.165, 1.54) is 11.8 Å². The van der Waals surface area contributed by atoms with E-state index in [-0.39, 0.29) is 149 Å². The minimum absolute atomic E-state index is 0.0198. The first-order valence-electron chi connectivity index (χ1n) is 41.6. The van der Waals surface area contributed by atoms with Gasteiger partial charge in [0, 0.05) is 90.3 Å². The first-order chi connectivity index (χ1) is 61.1. The molecule has 128 heavy (non-hydrogen) atoms. The highest BCUT2D eigenvalue weighted by molar-refractivity contribution is 8.25. The van der Waals surface area contributed by atoms with Gasteiger partial charge in [0.2, 0.25) is 23.6 Å². The van der Waals surface area contributed by atoms with E-state index in [9.17, 15) is 69.9 Å². The number of nitrogens with zero attached hydrogens (tertiary/aromatic N) is 8. The van der Waals surface area contributed by atoms with Gasteiger partial charge in [-0.05, 0) is 82.5 Å². The second kappa shape index (κ2) is 70.2. The second-order valence-electron chi connectivity index (χ2n) is 29.8. The number of nitriles is 2. The number of azide groups is 2. The van der Waals surface area contributed by atoms with E-state index >= 15 is 0 Å². The van der Waals surface area contributed by atoms with Crippen molar-refractivity contribution in [3.8, 4) is 12.1 Å². The monoisotopic (exact) mass is 1880 g/mol. The summed E-state index contributed by atoms with van der Waals surface area (Å²) in [5.41, 5.74) is 16.2. The third kappa shape index (κ3) is 51.3. The fourth-order valence-electron chi connectivity index (χ4n) is 11.6. The predicted octanol–water partition coefficient (Wildman–Crippen LogP) is 4.71. The fourth-order valence-corrected chi connectivity index (χ4v) is 15.1. The van der Waals surface area contributed by atoms with Crippen molar-refractivity contribution in [3.63, 3.8) is 0 Å². The average Bonchev–Trinajstić information content (AvgIpc) is 0.776. The summed E-state index contributed by atoms with van der Waals surface area (Å²) in [5, 5.41) is 114. The molecule has 14 atom stereocenters. The highest BCUT2D eigenvalue weighted by atomic mass is 32.2. The van der Waals surface area contributed by atoms with Gasteiger partial charge < -0.3 is 128 Å². The lowest BCUT2D eigenvalue weighted by Crippen LogP contribution is -2.55. The largest absolute Gasteiger partial charge is 0.463 e. The van der Waals surface area contributed by atoms with Crippen molar-refractivity contribution < 1.29 is 136 Å². The van der Waals surface area contributed by atoms with Crippen LogP contribution in [-0.2, 0) is 95.1 Å². The van der Waals surface area contributed by atoms with Gasteiger partial charge in [-0.15, -0.1) is 0 Å². The molecular weight excluding hydrogens is 1750 g/mol. The topological polar surface area (TPSA) is 587 Å². The van der Waals surface area contributed by atoms with Gasteiger partial charge in [0.15, 0.2) is 12.6 Å². The minimum Gasteiger partial charge on any atom is -0.463 e. The lowest BCUT2D eigenvalue weighted by molar-refractivity contribution is -0.284. The number of esters is 2. The molecule has 2 aliphatic heterocycles. The standard InChI is InChI=1S/C42H66N6O14S2.C21H28N4O5S2.C15H27NO7.C6H11NO2/c1-30-34(52)35(53)32(26-50)62-36(30)61-25-23-56-16-13-46-39(55)42(4,64-37(63)31-8-6-5-7-9-31)28-41(3,38(54)45-12-15-49)27-40(2,29-43)11-10-33(51)60-24-22-59-21-20-58-19-18-57-17-14-47-48-44;1-21(17-22,32-20(31)18-5-3-2-4-6-18)8-7-19(26)30-16-15-29-14-13-28-12-11-27-10-9-24-25-23;1-9(2)14(20)16-4-5-21-6-7-22-15-10(3)12(18)13(19)11(8-17)23-15;1-5(2)6(9)7-3-4-8/h5-9,30,32,34-36,49-50,52-53H,10-28H2,1-4H3,(H,45,54)(H,46,55);2-6H,7-16H2,1H3;10-13,15,17-19H,1,4-8H2,2-3H3,(H,16,20);8H,1,3-4H2,2H3,(H,7,9)/t30-,32-,34-,35+,36-,40?,41?,42?;;10-,11-,12-,13+,15-;/m0.0./s1. The van der Waals surface area contributed by atoms with E-state index in [1.807, 2.05) is 60.7 Å². The fraction of sp³-hybridized carbons (Fsp3) is 0.690. The Morgan fingerprint density at radius 3 is 1.24 bits per heavy atom. The average molecular weight is 1890 g/mol. The number of carbonyl (C=O) groups is 6. The number of amides is 4. The van der Waals surface area contributed by atoms with Gasteiger partial charge in [0.05, 0.1) is 188 Å². The summed E-state index contributed by atoms with van der Waals surface area (Å²) in [6.45, 7) is 25.3. The van der Waals surface area contributed by atoms with Crippen molar-refractivity contribution in [1.29, 1.82) is 10.5 Å². The van der Waals surface area contributed by atoms with Crippen LogP contribution in [-0.4, -0.2) is 341 Å². The summed E-state index contributed by atoms with van der Waals surface area (Å²) in [7, 11) is 0. The Kier molecular flexibility index (Phi) is 65.0. The molecular formula is C84H132N12O28S4. The number of hydrogen-bond acceptors (Lipinski definition) is 36. The van der Waals surface area contributed by atoms with E-state index < -0.39 is 112 Å². The third-order valence-corrected chi connectivity index (χ3v) is 22.0. The van der Waals surface area contributed by atoms with Gasteiger partial charge >= 0.3 is 11.9 Å². The number of nitrogens with one attached hydrogen (secondary N) is 4. The van der Waals surface area contributed by atoms with E-state index in [0.717, 1.165) is 17.3 Å². The van der Waals surface area contributed by atoms with Gasteiger partial charge in [-0.2, -0.15) is 10.5 Å². The smallest absolute Gasteiger partial charge is 0.305 e. The number of rotatable bonds is 62. The molecule has 2 saturated heterocycles. The van der Waals surface area contributed by atoms with Gasteiger partial charge in [0.1, 0.15) is 42.4 Å². The number of benzene rings is 2. The van der Waals surface area contributed by atoms with Crippen LogP contribution in [0, 0.1) is 45.3 Å². The van der Waals surface area contributed by atoms with E-state index in [2.05, 4.69) is 66.6 Å². The Morgan fingerprint density at radius 1 is 0.492 bits per heavy atom. The van der Waals surface area contributed by atoms with E-state index in [0.29, 0.717) is 117 Å². The molecule has 44 heteroatoms. The number of hydrogen-bond donors (Lipinski definition) is 12. The maximum absolute atomic E-state index is 14.2. The van der Waals surface area contributed by atoms with Crippen LogP contribution >= 0.6 is 48.0 Å². The third-order valence-electron chi connectivity index (χ3n) is 18.7. The summed E-state index contributed by atoms with van der Waals surface area (Å²) in [6, 6.07) is 23.1. The Balaban J connectivity index is 0.00000105. The maximum atomic E-state index is 14.2. The molecule has 2 aromatic rings. The highest BCUT2D eigenvalue weighted by Gasteiger charge is 2.50. The molecule has 4 amide bonds. The van der Waals surface area contributed by atoms with Crippen molar-refractivity contribution in [1.82, 2.24) is 21.3 Å². The SMILES string of the molecule is C=C(C)C(=O)NCCO.C=C(C)C(=O)NCCOCCO[C@H]1O[C@@H](CO)[C@@H](O)[C@@H](O)[C@@H]1C.CC(C#N)(CCC(=O)OCCOCCOCCOCCN=[N+]=[N-])SC(=S)c1ccccc1.C[C@@H]1[C@@H](OCCOCCNC(=O)C(C)(CC(C)(CC(C)(C#N)CCC(=O)OCCOCCOCCOCCN=[N+]=[N-])C(=O)NCCO)SC(=S)c2ccccc2)O[C@@H](CO)[C@@H](O)[C@H]1O. The zero-order valence-electron chi connectivity index (χ0n) is 74.4. The van der Waals surface area contributed by atoms with Crippen molar-refractivity contribution >= 4 is 91.9 Å². The quantitative estimate of drug-likeness (QED) is 0.00811. The molecule has 720 valence electrons. The van der Waals surface area contributed by atoms with Crippen molar-refractivity contribution in [3.05, 3.63) is 117 Å². The van der Waals surface area contributed by atoms with Crippen LogP contribution in [0.1, 0.15) is 105 Å². The van der Waals surface area contributed by atoms with Crippen LogP contribution in [0.3, 0.4) is 0 Å². The molecule has 2 fully saturated rings. The molecule has 0 aromatic heterocycles. The molecule has 0 aliphatic carbocycles. The van der Waals surface area contributed by atoms with Crippen LogP contribution in [0.2, 0.25) is 0 Å². The van der Waals surface area contributed by atoms with E-state index in [1.54, 1.807) is 55.4 Å². The Hall–Kier alpha value is -7.58. The van der Waals surface area contributed by atoms with Crippen LogP contribution in [0.5, 0.6) is 0 Å². The maximum Gasteiger partial charge on any atom is 0.305 e. The number of aliphatic hydroxyl groups is 8. The van der Waals surface area contributed by atoms with Gasteiger partial charge in [0.25, 0.3) is 0 Å². The van der Waals surface area contributed by atoms with Crippen LogP contribution < -0.4 is 21.3 Å². The Labute approximate surface area is 768 Å². The molecule has 4 unspecified atom stereocenters. The summed E-state index contributed by atoms with van der Waals surface area (Å²) in [6.07, 6.45) is -7.82. The van der Waals surface area contributed by atoms with Crippen LogP contribution in [0.15, 0.2) is 95.2 Å². The van der Waals surface area contributed by atoms with Crippen LogP contribution in [0.4, 0.5) is 0 Å². The molecule has 40 nitrogen and oxygen atoms in total. The lowest BCUT2D eigenvalue weighted by Gasteiger charge is -2.40. The predicted molar refractivity (Wildman–Crippen MR) is 482 cm³/mol. The first kappa shape index (κ1) is 118. The summed E-state index contributed by atoms with van der Waals surface area (Å²) in [5.74, 6) is -3.30. The first-order valence-corrected chi connectivity index (χ1v) is 44.1. The van der Waals surface area contributed by atoms with Crippen molar-refractivity contribution in [2.24, 2.45) is 32.9 Å². The van der Waals surface area contributed by atoms with Gasteiger partial charge in [-0.3, -0.25) is 28.8 Å². The summed E-state index contributed by atoms with van der Waals surface area (Å²) in [4.78, 5) is 80.0. The molecule has 0 saturated carbocycles. The van der Waals surface area contributed by atoms with Crippen molar-refractivity contribution in [2.45, 2.75) is 153 Å². The molecule has 0 radical (unpaired) electrons. The molecule has 0 bridgehead atoms. The van der Waals surface area contributed by atoms with Gasteiger partial charge in [-0.1, -0.05) is 153 Å². The lowest BCUT2D eigenvalue weighted by atomic mass is 9.67. The zero-order chi connectivity index (χ0) is 95.6. The van der Waals surface area contributed by atoms with Crippen LogP contribution in [0.25, 0.3) is 20.9 Å². The summed E-state index contributed by atoms with van der Waals surface area (Å²) < 4.78 is 74.4.